The molecule has 0 aliphatic carbocycles. The average Bonchev–Trinajstić information content (AvgIpc) is 3.23. The Kier molecular flexibility index (Phi) is 46.1. The molecule has 0 aromatic rings. The summed E-state index contributed by atoms with van der Waals surface area (Å²) >= 11 is 0. The lowest BCUT2D eigenvalue weighted by molar-refractivity contribution is -0.151. The number of rotatable bonds is 47. The van der Waals surface area contributed by atoms with Crippen LogP contribution in [0.5, 0.6) is 0 Å². The third-order valence-corrected chi connectivity index (χ3v) is 12.0. The van der Waals surface area contributed by atoms with E-state index in [4.69, 9.17) is 4.74 Å². The maximum atomic E-state index is 13.2. The summed E-state index contributed by atoms with van der Waals surface area (Å²) in [6.45, 7) is 6.46. The molecule has 0 aromatic heterocycles. The molecule has 0 saturated heterocycles. The number of hydrogen-bond acceptors (Lipinski definition) is 5. The lowest BCUT2D eigenvalue weighted by atomic mass is 10.0. The largest absolute Gasteiger partial charge is 0.462 e. The maximum Gasteiger partial charge on any atom is 0.306 e. The molecule has 1 amide bonds. The molecule has 6 nitrogen and oxygen atoms in total. The Balaban J connectivity index is 4.48. The first kappa shape index (κ1) is 57.3. The van der Waals surface area contributed by atoms with E-state index in [9.17, 15) is 19.8 Å². The number of amides is 1. The highest BCUT2D eigenvalue weighted by molar-refractivity contribution is 5.77. The van der Waals surface area contributed by atoms with Crippen molar-refractivity contribution in [1.29, 1.82) is 0 Å². The van der Waals surface area contributed by atoms with Gasteiger partial charge in [0.2, 0.25) is 5.91 Å². The second-order valence-corrected chi connectivity index (χ2v) is 17.9. The van der Waals surface area contributed by atoms with Gasteiger partial charge in [-0.1, -0.05) is 212 Å². The molecule has 0 aliphatic rings. The number of allylic oxidation sites excluding steroid dienone is 4. The Labute approximate surface area is 367 Å². The third kappa shape index (κ3) is 42.8. The van der Waals surface area contributed by atoms with Gasteiger partial charge in [-0.2, -0.15) is 0 Å². The van der Waals surface area contributed by atoms with Gasteiger partial charge in [-0.15, -0.1) is 0 Å². The lowest BCUT2D eigenvalue weighted by Crippen LogP contribution is -2.46. The topological polar surface area (TPSA) is 95.9 Å². The quantitative estimate of drug-likeness (QED) is 0.0322. The summed E-state index contributed by atoms with van der Waals surface area (Å²) < 4.78 is 5.90. The Morgan fingerprint density at radius 3 is 1.25 bits per heavy atom. The molecular formula is C53H101NO5. The van der Waals surface area contributed by atoms with Gasteiger partial charge in [-0.3, -0.25) is 9.59 Å². The van der Waals surface area contributed by atoms with Crippen LogP contribution in [-0.4, -0.2) is 46.9 Å². The fourth-order valence-electron chi connectivity index (χ4n) is 8.01. The summed E-state index contributed by atoms with van der Waals surface area (Å²) in [5.74, 6) is -0.499. The van der Waals surface area contributed by atoms with E-state index in [0.29, 0.717) is 19.3 Å². The third-order valence-electron chi connectivity index (χ3n) is 12.0. The van der Waals surface area contributed by atoms with Gasteiger partial charge in [0.1, 0.15) is 6.10 Å². The summed E-state index contributed by atoms with van der Waals surface area (Å²) in [5.41, 5.74) is 0. The van der Waals surface area contributed by atoms with Gasteiger partial charge in [0.05, 0.1) is 25.2 Å². The first-order chi connectivity index (χ1) is 29.0. The molecular weight excluding hydrogens is 731 g/mol. The number of aliphatic hydroxyl groups is 2. The molecule has 0 aromatic carbocycles. The first-order valence-electron chi connectivity index (χ1n) is 26.1. The van der Waals surface area contributed by atoms with E-state index in [1.165, 1.54) is 161 Å². The SMILES string of the molecule is CCCCC/C=C\CCCCCC(CC(=O)NC(CO)C(O)CCCCCCCCCCCCCCCCCC)OC(=O)CCCCC/C=C\CCCCCCCCC. The van der Waals surface area contributed by atoms with Crippen molar-refractivity contribution in [1.82, 2.24) is 5.32 Å². The molecule has 0 bridgehead atoms. The summed E-state index contributed by atoms with van der Waals surface area (Å²) in [7, 11) is 0. The van der Waals surface area contributed by atoms with Crippen molar-refractivity contribution < 1.29 is 24.5 Å². The summed E-state index contributed by atoms with van der Waals surface area (Å²) in [6.07, 6.45) is 53.8. The molecule has 6 heteroatoms. The number of unbranched alkanes of at least 4 members (excludes halogenated alkanes) is 31. The Morgan fingerprint density at radius 2 is 0.814 bits per heavy atom. The van der Waals surface area contributed by atoms with Crippen molar-refractivity contribution >= 4 is 11.9 Å². The first-order valence-corrected chi connectivity index (χ1v) is 26.1. The number of aliphatic hydroxyl groups excluding tert-OH is 2. The zero-order chi connectivity index (χ0) is 43.1. The van der Waals surface area contributed by atoms with Gasteiger partial charge in [-0.25, -0.2) is 0 Å². The second kappa shape index (κ2) is 47.4. The molecule has 0 radical (unpaired) electrons. The molecule has 0 rings (SSSR count). The Bertz CT molecular complexity index is 935. The molecule has 3 N–H and O–H groups in total. The smallest absolute Gasteiger partial charge is 0.306 e. The normalized spacial score (nSPS) is 13.4. The highest BCUT2D eigenvalue weighted by atomic mass is 16.5. The minimum absolute atomic E-state index is 0.0644. The molecule has 0 spiro atoms. The van der Waals surface area contributed by atoms with Crippen molar-refractivity contribution in [2.24, 2.45) is 0 Å². The van der Waals surface area contributed by atoms with Crippen LogP contribution < -0.4 is 5.32 Å². The fourth-order valence-corrected chi connectivity index (χ4v) is 8.01. The Morgan fingerprint density at radius 1 is 0.475 bits per heavy atom. The summed E-state index contributed by atoms with van der Waals surface area (Å²) in [4.78, 5) is 26.1. The molecule has 0 heterocycles. The number of carbonyl (C=O) groups excluding carboxylic acids is 2. The lowest BCUT2D eigenvalue weighted by Gasteiger charge is -2.24. The van der Waals surface area contributed by atoms with E-state index in [2.05, 4.69) is 50.4 Å². The van der Waals surface area contributed by atoms with Crippen LogP contribution in [0.1, 0.15) is 278 Å². The highest BCUT2D eigenvalue weighted by Gasteiger charge is 2.24. The van der Waals surface area contributed by atoms with Gasteiger partial charge in [0.15, 0.2) is 0 Å². The summed E-state index contributed by atoms with van der Waals surface area (Å²) in [6, 6.07) is -0.705. The predicted octanol–water partition coefficient (Wildman–Crippen LogP) is 15.5. The summed E-state index contributed by atoms with van der Waals surface area (Å²) in [5, 5.41) is 23.8. The standard InChI is InChI=1S/C53H101NO5/c1-4-7-10-13-16-19-22-24-26-27-28-30-33-36-39-42-45-51(56)50(48-55)54-52(57)47-49(44-41-38-35-32-21-18-15-12-9-6-3)59-53(58)46-43-40-37-34-31-29-25-23-20-17-14-11-8-5-2/h18,21,29,31,49-51,55-56H,4-17,19-20,22-28,30,32-48H2,1-3H3,(H,54,57)/b21-18-,31-29-. The molecule has 0 fully saturated rings. The van der Waals surface area contributed by atoms with E-state index in [1.54, 1.807) is 0 Å². The number of esters is 1. The molecule has 3 atom stereocenters. The Hall–Kier alpha value is -1.66. The van der Waals surface area contributed by atoms with E-state index < -0.39 is 18.2 Å². The van der Waals surface area contributed by atoms with Crippen molar-refractivity contribution in [3.05, 3.63) is 24.3 Å². The van der Waals surface area contributed by atoms with Crippen molar-refractivity contribution in [3.63, 3.8) is 0 Å². The highest BCUT2D eigenvalue weighted by Crippen LogP contribution is 2.18. The average molecular weight is 832 g/mol. The van der Waals surface area contributed by atoms with Crippen LogP contribution in [0.4, 0.5) is 0 Å². The van der Waals surface area contributed by atoms with Crippen LogP contribution in [0, 0.1) is 0 Å². The minimum Gasteiger partial charge on any atom is -0.462 e. The molecule has 348 valence electrons. The van der Waals surface area contributed by atoms with E-state index in [0.717, 1.165) is 70.6 Å². The van der Waals surface area contributed by atoms with Crippen molar-refractivity contribution in [3.8, 4) is 0 Å². The molecule has 3 unspecified atom stereocenters. The van der Waals surface area contributed by atoms with Gasteiger partial charge in [0.25, 0.3) is 0 Å². The van der Waals surface area contributed by atoms with E-state index >= 15 is 0 Å². The zero-order valence-corrected chi connectivity index (χ0v) is 39.7. The zero-order valence-electron chi connectivity index (χ0n) is 39.7. The van der Waals surface area contributed by atoms with Gasteiger partial charge in [0, 0.05) is 6.42 Å². The predicted molar refractivity (Wildman–Crippen MR) is 255 cm³/mol. The van der Waals surface area contributed by atoms with Crippen LogP contribution >= 0.6 is 0 Å². The number of carbonyl (C=O) groups is 2. The van der Waals surface area contributed by atoms with Gasteiger partial charge < -0.3 is 20.3 Å². The second-order valence-electron chi connectivity index (χ2n) is 17.9. The molecule has 0 saturated carbocycles. The van der Waals surface area contributed by atoms with Crippen molar-refractivity contribution in [2.75, 3.05) is 6.61 Å². The molecule has 59 heavy (non-hydrogen) atoms. The van der Waals surface area contributed by atoms with Crippen molar-refractivity contribution in [2.45, 2.75) is 296 Å². The maximum absolute atomic E-state index is 13.2. The van der Waals surface area contributed by atoms with Crippen LogP contribution in [0.3, 0.4) is 0 Å². The van der Waals surface area contributed by atoms with E-state index in [-0.39, 0.29) is 24.9 Å². The number of hydrogen-bond donors (Lipinski definition) is 3. The monoisotopic (exact) mass is 832 g/mol. The molecule has 0 aliphatic heterocycles. The fraction of sp³-hybridized carbons (Fsp3) is 0.887. The van der Waals surface area contributed by atoms with Crippen LogP contribution in [0.15, 0.2) is 24.3 Å². The number of nitrogens with one attached hydrogen (secondary N) is 1. The minimum atomic E-state index is -0.790. The van der Waals surface area contributed by atoms with Crippen LogP contribution in [0.2, 0.25) is 0 Å². The van der Waals surface area contributed by atoms with Gasteiger partial charge >= 0.3 is 5.97 Å². The van der Waals surface area contributed by atoms with Crippen LogP contribution in [0.25, 0.3) is 0 Å². The van der Waals surface area contributed by atoms with Crippen LogP contribution in [-0.2, 0) is 14.3 Å². The van der Waals surface area contributed by atoms with E-state index in [1.807, 2.05) is 0 Å². The number of ether oxygens (including phenoxy) is 1. The van der Waals surface area contributed by atoms with Gasteiger partial charge in [-0.05, 0) is 77.0 Å².